The molecule has 2 atom stereocenters. The van der Waals surface area contributed by atoms with E-state index in [0.717, 1.165) is 74.1 Å². The minimum atomic E-state index is 0.0606. The lowest BCUT2D eigenvalue weighted by Gasteiger charge is -2.37. The smallest absolute Gasteiger partial charge is 0.232 e. The molecule has 4 aliphatic rings. The highest BCUT2D eigenvalue weighted by Crippen LogP contribution is 2.44. The summed E-state index contributed by atoms with van der Waals surface area (Å²) in [5, 5.41) is 0. The van der Waals surface area contributed by atoms with Crippen molar-refractivity contribution in [3.63, 3.8) is 0 Å². The fourth-order valence-electron chi connectivity index (χ4n) is 6.94. The molecule has 37 heavy (non-hydrogen) atoms. The molecule has 0 bridgehead atoms. The Morgan fingerprint density at radius 1 is 1.00 bits per heavy atom. The number of fused-ring (bicyclic) bond motifs is 2. The molecule has 1 aromatic heterocycles. The van der Waals surface area contributed by atoms with Crippen molar-refractivity contribution < 1.29 is 9.53 Å². The summed E-state index contributed by atoms with van der Waals surface area (Å²) in [5.74, 6) is 2.90. The standard InChI is InChI=1S/C29H40N6O2/c1-32-13-15-34(16-14-32)22-12-11-20(26(18-22)37-3)17-27-30-19-25-28(31-27)35(21-7-4-5-8-21)24-10-6-9-23(24)29(36)33(25)2/h11-12,18-19,21,23-24H,4-10,13-17H2,1-3H3/t23-,24+/m0/s1. The number of carbonyl (C=O) groups excluding carboxylic acids is 1. The maximum atomic E-state index is 13.4. The van der Waals surface area contributed by atoms with Gasteiger partial charge in [-0.05, 0) is 38.8 Å². The number of carbonyl (C=O) groups is 1. The Morgan fingerprint density at radius 2 is 1.78 bits per heavy atom. The third-order valence-electron chi connectivity index (χ3n) is 9.10. The molecule has 198 valence electrons. The van der Waals surface area contributed by atoms with Gasteiger partial charge in [0, 0.05) is 69.0 Å². The summed E-state index contributed by atoms with van der Waals surface area (Å²) in [4.78, 5) is 32.5. The summed E-state index contributed by atoms with van der Waals surface area (Å²) in [6.45, 7) is 4.20. The maximum absolute atomic E-state index is 13.4. The molecular formula is C29H40N6O2. The molecule has 6 rings (SSSR count). The van der Waals surface area contributed by atoms with E-state index in [1.165, 1.54) is 31.4 Å². The Balaban J connectivity index is 1.32. The van der Waals surface area contributed by atoms with Crippen LogP contribution >= 0.6 is 0 Å². The lowest BCUT2D eigenvalue weighted by molar-refractivity contribution is -0.122. The van der Waals surface area contributed by atoms with Crippen LogP contribution in [0.1, 0.15) is 56.3 Å². The van der Waals surface area contributed by atoms with Crippen LogP contribution in [0.2, 0.25) is 0 Å². The topological polar surface area (TPSA) is 65.0 Å². The SMILES string of the molecule is COc1cc(N2CCN(C)CC2)ccc1Cc1ncc2c(n1)N(C1CCCC1)[C@@H]1CCC[C@@H]1C(=O)N2C. The Bertz CT molecular complexity index is 1140. The number of hydrogen-bond acceptors (Lipinski definition) is 7. The first-order valence-electron chi connectivity index (χ1n) is 14.1. The highest BCUT2D eigenvalue weighted by Gasteiger charge is 2.45. The summed E-state index contributed by atoms with van der Waals surface area (Å²) in [5.41, 5.74) is 3.15. The summed E-state index contributed by atoms with van der Waals surface area (Å²) < 4.78 is 5.84. The number of likely N-dealkylation sites (N-methyl/N-ethyl adjacent to an activating group) is 1. The van der Waals surface area contributed by atoms with Gasteiger partial charge in [-0.1, -0.05) is 25.3 Å². The molecule has 0 N–H and O–H groups in total. The molecule has 1 aromatic carbocycles. The van der Waals surface area contributed by atoms with E-state index in [1.807, 2.05) is 18.1 Å². The Hall–Kier alpha value is -2.87. The number of anilines is 3. The zero-order chi connectivity index (χ0) is 25.5. The van der Waals surface area contributed by atoms with E-state index >= 15 is 0 Å². The van der Waals surface area contributed by atoms with Gasteiger partial charge in [0.1, 0.15) is 17.3 Å². The first-order chi connectivity index (χ1) is 18.0. The number of hydrogen-bond donors (Lipinski definition) is 0. The second kappa shape index (κ2) is 10.1. The molecule has 8 heteroatoms. The van der Waals surface area contributed by atoms with Crippen LogP contribution in [0.4, 0.5) is 17.2 Å². The molecule has 3 fully saturated rings. The minimum absolute atomic E-state index is 0.0606. The van der Waals surface area contributed by atoms with Gasteiger partial charge in [0.25, 0.3) is 0 Å². The van der Waals surface area contributed by atoms with Crippen molar-refractivity contribution >= 4 is 23.1 Å². The van der Waals surface area contributed by atoms with E-state index in [4.69, 9.17) is 14.7 Å². The lowest BCUT2D eigenvalue weighted by atomic mass is 9.99. The fraction of sp³-hybridized carbons (Fsp3) is 0.621. The molecule has 2 aliphatic heterocycles. The van der Waals surface area contributed by atoms with Gasteiger partial charge in [0.05, 0.1) is 19.2 Å². The van der Waals surface area contributed by atoms with Crippen LogP contribution in [-0.4, -0.2) is 80.2 Å². The predicted molar refractivity (Wildman–Crippen MR) is 147 cm³/mol. The average Bonchev–Trinajstić information content (AvgIpc) is 3.61. The number of amides is 1. The van der Waals surface area contributed by atoms with Crippen molar-refractivity contribution in [3.8, 4) is 5.75 Å². The third kappa shape index (κ3) is 4.54. The van der Waals surface area contributed by atoms with Crippen molar-refractivity contribution in [2.75, 3.05) is 62.1 Å². The van der Waals surface area contributed by atoms with Gasteiger partial charge < -0.3 is 24.3 Å². The first kappa shape index (κ1) is 24.5. The van der Waals surface area contributed by atoms with Crippen LogP contribution in [0.25, 0.3) is 0 Å². The van der Waals surface area contributed by atoms with Crippen LogP contribution in [-0.2, 0) is 11.2 Å². The Morgan fingerprint density at radius 3 is 2.54 bits per heavy atom. The van der Waals surface area contributed by atoms with Crippen molar-refractivity contribution in [1.29, 1.82) is 0 Å². The monoisotopic (exact) mass is 504 g/mol. The van der Waals surface area contributed by atoms with Crippen molar-refractivity contribution in [2.45, 2.75) is 63.5 Å². The molecule has 0 unspecified atom stereocenters. The number of ether oxygens (including phenoxy) is 1. The normalized spacial score (nSPS) is 24.8. The largest absolute Gasteiger partial charge is 0.496 e. The van der Waals surface area contributed by atoms with E-state index in [9.17, 15) is 4.79 Å². The highest BCUT2D eigenvalue weighted by molar-refractivity contribution is 5.99. The number of rotatable bonds is 5. The molecule has 8 nitrogen and oxygen atoms in total. The second-order valence-corrected chi connectivity index (χ2v) is 11.3. The number of aromatic nitrogens is 2. The number of nitrogens with zero attached hydrogens (tertiary/aromatic N) is 6. The molecule has 3 heterocycles. The molecule has 0 spiro atoms. The molecule has 1 saturated heterocycles. The summed E-state index contributed by atoms with van der Waals surface area (Å²) in [7, 11) is 5.82. The predicted octanol–water partition coefficient (Wildman–Crippen LogP) is 3.72. The van der Waals surface area contributed by atoms with Gasteiger partial charge in [-0.2, -0.15) is 0 Å². The van der Waals surface area contributed by atoms with Gasteiger partial charge in [0.2, 0.25) is 5.91 Å². The fourth-order valence-corrected chi connectivity index (χ4v) is 6.94. The van der Waals surface area contributed by atoms with Crippen LogP contribution in [0.15, 0.2) is 24.4 Å². The molecular weight excluding hydrogens is 464 g/mol. The van der Waals surface area contributed by atoms with Crippen LogP contribution in [0, 0.1) is 5.92 Å². The maximum Gasteiger partial charge on any atom is 0.232 e. The van der Waals surface area contributed by atoms with E-state index in [1.54, 1.807) is 7.11 Å². The molecule has 2 aliphatic carbocycles. The third-order valence-corrected chi connectivity index (χ3v) is 9.10. The van der Waals surface area contributed by atoms with E-state index in [2.05, 4.69) is 39.9 Å². The van der Waals surface area contributed by atoms with Gasteiger partial charge in [-0.15, -0.1) is 0 Å². The molecule has 0 radical (unpaired) electrons. The van der Waals surface area contributed by atoms with E-state index in [-0.39, 0.29) is 17.9 Å². The van der Waals surface area contributed by atoms with Gasteiger partial charge >= 0.3 is 0 Å². The second-order valence-electron chi connectivity index (χ2n) is 11.3. The zero-order valence-electron chi connectivity index (χ0n) is 22.5. The van der Waals surface area contributed by atoms with E-state index in [0.29, 0.717) is 12.5 Å². The average molecular weight is 505 g/mol. The van der Waals surface area contributed by atoms with Crippen molar-refractivity contribution in [2.24, 2.45) is 5.92 Å². The van der Waals surface area contributed by atoms with Gasteiger partial charge in [-0.3, -0.25) is 4.79 Å². The Labute approximate surface area is 220 Å². The van der Waals surface area contributed by atoms with Gasteiger partial charge in [-0.25, -0.2) is 9.97 Å². The van der Waals surface area contributed by atoms with Crippen LogP contribution < -0.4 is 19.4 Å². The van der Waals surface area contributed by atoms with E-state index < -0.39 is 0 Å². The number of methoxy groups -OCH3 is 1. The lowest BCUT2D eigenvalue weighted by Crippen LogP contribution is -2.46. The zero-order valence-corrected chi connectivity index (χ0v) is 22.5. The molecule has 2 saturated carbocycles. The Kier molecular flexibility index (Phi) is 6.69. The summed E-state index contributed by atoms with van der Waals surface area (Å²) in [6, 6.07) is 7.24. The minimum Gasteiger partial charge on any atom is -0.496 e. The number of benzene rings is 1. The van der Waals surface area contributed by atoms with Crippen molar-refractivity contribution in [3.05, 3.63) is 35.8 Å². The van der Waals surface area contributed by atoms with Crippen LogP contribution in [0.5, 0.6) is 5.75 Å². The summed E-state index contributed by atoms with van der Waals surface area (Å²) >= 11 is 0. The highest BCUT2D eigenvalue weighted by atomic mass is 16.5. The summed E-state index contributed by atoms with van der Waals surface area (Å²) in [6.07, 6.45) is 10.5. The van der Waals surface area contributed by atoms with Crippen LogP contribution in [0.3, 0.4) is 0 Å². The van der Waals surface area contributed by atoms with Gasteiger partial charge in [0.15, 0.2) is 5.82 Å². The molecule has 2 aromatic rings. The van der Waals surface area contributed by atoms with Crippen molar-refractivity contribution in [1.82, 2.24) is 14.9 Å². The molecule has 1 amide bonds. The quantitative estimate of drug-likeness (QED) is 0.615. The number of piperazine rings is 1. The first-order valence-corrected chi connectivity index (χ1v) is 14.1.